The Morgan fingerprint density at radius 3 is 2.28 bits per heavy atom. The molecule has 7 nitrogen and oxygen atoms in total. The van der Waals surface area contributed by atoms with E-state index in [2.05, 4.69) is 15.5 Å². The summed E-state index contributed by atoms with van der Waals surface area (Å²) in [4.78, 5) is 24.3. The average molecular weight is 587 g/mol. The predicted molar refractivity (Wildman–Crippen MR) is 152 cm³/mol. The third-order valence-electron chi connectivity index (χ3n) is 6.30. The second-order valence-electron chi connectivity index (χ2n) is 8.91. The number of aromatic amines is 1. The summed E-state index contributed by atoms with van der Waals surface area (Å²) in [7, 11) is 0. The molecule has 4 aromatic rings. The fraction of sp³-hybridized carbons (Fsp3) is 0.207. The van der Waals surface area contributed by atoms with Crippen molar-refractivity contribution in [2.45, 2.75) is 39.0 Å². The molecule has 1 aromatic heterocycles. The molecular weight excluding hydrogens is 561 g/mol. The average Bonchev–Trinajstić information content (AvgIpc) is 3.30. The highest BCUT2D eigenvalue weighted by molar-refractivity contribution is 6.35. The Kier molecular flexibility index (Phi) is 9.30. The zero-order valence-electron chi connectivity index (χ0n) is 21.2. The van der Waals surface area contributed by atoms with E-state index in [4.69, 9.17) is 44.6 Å². The van der Waals surface area contributed by atoms with Crippen LogP contribution >= 0.6 is 34.8 Å². The molecule has 0 aliphatic rings. The summed E-state index contributed by atoms with van der Waals surface area (Å²) in [5, 5.41) is 21.1. The first-order valence-corrected chi connectivity index (χ1v) is 13.3. The number of ether oxygens (including phenoxy) is 1. The third-order valence-corrected chi connectivity index (χ3v) is 7.12. The van der Waals surface area contributed by atoms with Crippen molar-refractivity contribution in [1.29, 1.82) is 0 Å². The molecule has 4 rings (SSSR count). The van der Waals surface area contributed by atoms with E-state index in [0.717, 1.165) is 22.4 Å². The number of carboxylic acids is 1. The maximum Gasteiger partial charge on any atom is 0.335 e. The van der Waals surface area contributed by atoms with Crippen molar-refractivity contribution in [1.82, 2.24) is 15.5 Å². The number of rotatable bonds is 10. The smallest absolute Gasteiger partial charge is 0.335 e. The van der Waals surface area contributed by atoms with Crippen molar-refractivity contribution >= 4 is 46.7 Å². The van der Waals surface area contributed by atoms with E-state index in [0.29, 0.717) is 32.7 Å². The van der Waals surface area contributed by atoms with Gasteiger partial charge in [-0.25, -0.2) is 4.79 Å². The minimum absolute atomic E-state index is 0.176. The van der Waals surface area contributed by atoms with Crippen LogP contribution in [-0.2, 0) is 16.1 Å². The molecule has 3 N–H and O–H groups in total. The molecule has 202 valence electrons. The Bertz CT molecular complexity index is 1470. The highest BCUT2D eigenvalue weighted by Gasteiger charge is 2.30. The molecule has 0 saturated carbocycles. The van der Waals surface area contributed by atoms with Gasteiger partial charge in [0.1, 0.15) is 12.2 Å². The van der Waals surface area contributed by atoms with Gasteiger partial charge in [0.05, 0.1) is 17.0 Å². The lowest BCUT2D eigenvalue weighted by Gasteiger charge is -2.24. The van der Waals surface area contributed by atoms with Gasteiger partial charge in [0.25, 0.3) is 0 Å². The van der Waals surface area contributed by atoms with E-state index < -0.39 is 18.2 Å². The van der Waals surface area contributed by atoms with Gasteiger partial charge in [-0.15, -0.1) is 0 Å². The Labute approximate surface area is 241 Å². The Morgan fingerprint density at radius 2 is 1.67 bits per heavy atom. The zero-order chi connectivity index (χ0) is 28.1. The van der Waals surface area contributed by atoms with E-state index in [1.807, 2.05) is 26.0 Å². The van der Waals surface area contributed by atoms with Crippen molar-refractivity contribution in [3.63, 3.8) is 0 Å². The van der Waals surface area contributed by atoms with Crippen LogP contribution < -0.4 is 5.32 Å². The summed E-state index contributed by atoms with van der Waals surface area (Å²) < 4.78 is 6.42. The van der Waals surface area contributed by atoms with E-state index in [1.54, 1.807) is 42.5 Å². The molecule has 0 spiro atoms. The van der Waals surface area contributed by atoms with Crippen LogP contribution in [0.3, 0.4) is 0 Å². The lowest BCUT2D eigenvalue weighted by atomic mass is 10.00. The van der Waals surface area contributed by atoms with Crippen LogP contribution in [-0.4, -0.2) is 33.3 Å². The van der Waals surface area contributed by atoms with Gasteiger partial charge in [-0.05, 0) is 60.9 Å². The number of hydrogen-bond donors (Lipinski definition) is 3. The quantitative estimate of drug-likeness (QED) is 0.182. The number of carbonyl (C=O) groups is 2. The van der Waals surface area contributed by atoms with Crippen LogP contribution in [0.5, 0.6) is 0 Å². The Morgan fingerprint density at radius 1 is 1.00 bits per heavy atom. The van der Waals surface area contributed by atoms with Gasteiger partial charge in [0.15, 0.2) is 0 Å². The normalized spacial score (nSPS) is 12.6. The van der Waals surface area contributed by atoms with Crippen LogP contribution in [0.2, 0.25) is 15.1 Å². The fourth-order valence-corrected chi connectivity index (χ4v) is 4.77. The number of benzene rings is 3. The molecule has 0 aliphatic carbocycles. The molecule has 39 heavy (non-hydrogen) atoms. The summed E-state index contributed by atoms with van der Waals surface area (Å²) in [5.41, 5.74) is 4.67. The number of halogens is 3. The number of hydrogen-bond acceptors (Lipinski definition) is 4. The summed E-state index contributed by atoms with van der Waals surface area (Å²) in [6.07, 6.45) is -1.20. The van der Waals surface area contributed by atoms with E-state index in [1.165, 1.54) is 12.1 Å². The van der Waals surface area contributed by atoms with Crippen molar-refractivity contribution in [2.24, 2.45) is 0 Å². The second kappa shape index (κ2) is 12.7. The van der Waals surface area contributed by atoms with Crippen LogP contribution in [0.15, 0.2) is 66.7 Å². The number of nitrogens with zero attached hydrogens (tertiary/aromatic N) is 1. The van der Waals surface area contributed by atoms with Crippen LogP contribution in [0.1, 0.15) is 52.2 Å². The minimum atomic E-state index is -1.01. The van der Waals surface area contributed by atoms with Gasteiger partial charge in [-0.1, -0.05) is 72.1 Å². The first kappa shape index (κ1) is 28.6. The summed E-state index contributed by atoms with van der Waals surface area (Å²) >= 11 is 18.8. The number of H-pyrrole nitrogens is 1. The molecule has 0 fully saturated rings. The Balaban J connectivity index is 1.60. The lowest BCUT2D eigenvalue weighted by molar-refractivity contribution is -0.136. The van der Waals surface area contributed by atoms with Crippen molar-refractivity contribution in [3.05, 3.63) is 110 Å². The minimum Gasteiger partial charge on any atom is -0.478 e. The van der Waals surface area contributed by atoms with Gasteiger partial charge >= 0.3 is 5.97 Å². The zero-order valence-corrected chi connectivity index (χ0v) is 23.4. The number of amides is 1. The summed E-state index contributed by atoms with van der Waals surface area (Å²) in [6, 6.07) is 18.8. The largest absolute Gasteiger partial charge is 0.478 e. The standard InChI is InChI=1S/C29H26Cl3N3O4/c1-3-24(28(36)33-15-17-4-6-19(7-5-17)29(37)38)39-27(22-13-12-21(31)14-23(22)32)26-16(2)25(34-35-26)18-8-10-20(30)11-9-18/h4-14,24,27H,3,15H2,1-2H3,(H,33,36)(H,34,35)(H,37,38). The topological polar surface area (TPSA) is 104 Å². The predicted octanol–water partition coefficient (Wildman–Crippen LogP) is 7.24. The molecule has 0 bridgehead atoms. The van der Waals surface area contributed by atoms with Crippen LogP contribution in [0.4, 0.5) is 0 Å². The highest BCUT2D eigenvalue weighted by atomic mass is 35.5. The number of aromatic carboxylic acids is 1. The van der Waals surface area contributed by atoms with Gasteiger partial charge in [-0.3, -0.25) is 9.89 Å². The SMILES string of the molecule is CCC(OC(c1ccc(Cl)cc1Cl)c1n[nH]c(-c2ccc(Cl)cc2)c1C)C(=O)NCc1ccc(C(=O)O)cc1. The van der Waals surface area contributed by atoms with Gasteiger partial charge < -0.3 is 15.2 Å². The fourth-order valence-electron chi connectivity index (χ4n) is 4.14. The molecule has 2 unspecified atom stereocenters. The van der Waals surface area contributed by atoms with Crippen molar-refractivity contribution in [2.75, 3.05) is 0 Å². The molecule has 0 radical (unpaired) electrons. The van der Waals surface area contributed by atoms with Gasteiger partial charge in [0.2, 0.25) is 5.91 Å². The Hall–Kier alpha value is -3.36. The first-order chi connectivity index (χ1) is 18.7. The molecular formula is C29H26Cl3N3O4. The third kappa shape index (κ3) is 6.81. The van der Waals surface area contributed by atoms with E-state index >= 15 is 0 Å². The molecule has 3 aromatic carbocycles. The molecule has 10 heteroatoms. The van der Waals surface area contributed by atoms with Crippen molar-refractivity contribution < 1.29 is 19.4 Å². The molecule has 2 atom stereocenters. The summed E-state index contributed by atoms with van der Waals surface area (Å²) in [6.45, 7) is 3.99. The van der Waals surface area contributed by atoms with Gasteiger partial charge in [-0.2, -0.15) is 5.10 Å². The summed E-state index contributed by atoms with van der Waals surface area (Å²) in [5.74, 6) is -1.33. The first-order valence-electron chi connectivity index (χ1n) is 12.2. The van der Waals surface area contributed by atoms with Crippen molar-refractivity contribution in [3.8, 4) is 11.3 Å². The maximum absolute atomic E-state index is 13.2. The van der Waals surface area contributed by atoms with E-state index in [-0.39, 0.29) is 18.0 Å². The molecule has 0 saturated heterocycles. The number of aromatic nitrogens is 2. The van der Waals surface area contributed by atoms with Crippen LogP contribution in [0.25, 0.3) is 11.3 Å². The number of carboxylic acid groups (broad SMARTS) is 1. The molecule has 0 aliphatic heterocycles. The van der Waals surface area contributed by atoms with Crippen LogP contribution in [0, 0.1) is 6.92 Å². The van der Waals surface area contributed by atoms with E-state index in [9.17, 15) is 9.59 Å². The monoisotopic (exact) mass is 585 g/mol. The lowest BCUT2D eigenvalue weighted by Crippen LogP contribution is -2.37. The maximum atomic E-state index is 13.2. The number of nitrogens with one attached hydrogen (secondary N) is 2. The number of carbonyl (C=O) groups excluding carboxylic acids is 1. The molecule has 1 heterocycles. The van der Waals surface area contributed by atoms with Gasteiger partial charge in [0, 0.05) is 32.7 Å². The molecule has 1 amide bonds. The second-order valence-corrected chi connectivity index (χ2v) is 10.2. The highest BCUT2D eigenvalue weighted by Crippen LogP contribution is 2.37.